The molecule has 1 fully saturated rings. The normalized spacial score (nSPS) is 18.1. The Morgan fingerprint density at radius 3 is 2.37 bits per heavy atom. The summed E-state index contributed by atoms with van der Waals surface area (Å²) >= 11 is 0. The number of rotatable bonds is 7. The molecule has 1 aliphatic rings. The lowest BCUT2D eigenvalue weighted by Crippen LogP contribution is -2.46. The average molecular weight is 269 g/mol. The van der Waals surface area contributed by atoms with Gasteiger partial charge >= 0.3 is 0 Å². The minimum atomic E-state index is 0.196. The van der Waals surface area contributed by atoms with Gasteiger partial charge in [-0.2, -0.15) is 0 Å². The summed E-state index contributed by atoms with van der Waals surface area (Å²) in [4.78, 5) is 16.7. The second-order valence-corrected chi connectivity index (χ2v) is 6.02. The van der Waals surface area contributed by atoms with Gasteiger partial charge in [0.05, 0.1) is 0 Å². The van der Waals surface area contributed by atoms with Crippen LogP contribution in [0.2, 0.25) is 0 Å². The van der Waals surface area contributed by atoms with Gasteiger partial charge in [-0.3, -0.25) is 9.69 Å². The first-order valence-corrected chi connectivity index (χ1v) is 7.80. The minimum absolute atomic E-state index is 0.196. The van der Waals surface area contributed by atoms with Crippen molar-refractivity contribution in [1.82, 2.24) is 9.80 Å². The number of piperidine rings is 1. The molecule has 2 N–H and O–H groups in total. The third-order valence-electron chi connectivity index (χ3n) is 3.91. The Kier molecular flexibility index (Phi) is 7.39. The van der Waals surface area contributed by atoms with Crippen molar-refractivity contribution in [2.45, 2.75) is 52.5 Å². The number of hydrogen-bond donors (Lipinski definition) is 1. The summed E-state index contributed by atoms with van der Waals surface area (Å²) in [5.41, 5.74) is 5.89. The second-order valence-electron chi connectivity index (χ2n) is 6.02. The largest absolute Gasteiger partial charge is 0.343 e. The Balaban J connectivity index is 2.51. The highest BCUT2D eigenvalue weighted by Crippen LogP contribution is 2.13. The molecule has 0 saturated carbocycles. The second kappa shape index (κ2) is 8.54. The van der Waals surface area contributed by atoms with Gasteiger partial charge in [0, 0.05) is 38.6 Å². The van der Waals surface area contributed by atoms with Gasteiger partial charge in [-0.15, -0.1) is 0 Å². The van der Waals surface area contributed by atoms with E-state index in [1.165, 1.54) is 6.42 Å². The van der Waals surface area contributed by atoms with E-state index in [4.69, 9.17) is 5.73 Å². The molecule has 4 nitrogen and oxygen atoms in total. The maximum atomic E-state index is 12.3. The molecule has 0 spiro atoms. The lowest BCUT2D eigenvalue weighted by molar-refractivity contribution is -0.133. The van der Waals surface area contributed by atoms with Gasteiger partial charge in [-0.1, -0.05) is 20.8 Å². The number of carbonyl (C=O) groups is 1. The zero-order valence-electron chi connectivity index (χ0n) is 12.9. The summed E-state index contributed by atoms with van der Waals surface area (Å²) in [5.74, 6) is 0.899. The fraction of sp³-hybridized carbons (Fsp3) is 0.933. The van der Waals surface area contributed by atoms with Crippen LogP contribution in [0.5, 0.6) is 0 Å². The highest BCUT2D eigenvalue weighted by Gasteiger charge is 2.23. The Morgan fingerprint density at radius 2 is 1.89 bits per heavy atom. The number of nitrogens with two attached hydrogens (primary N) is 1. The molecule has 1 atom stereocenters. The van der Waals surface area contributed by atoms with E-state index in [1.807, 2.05) is 4.90 Å². The lowest BCUT2D eigenvalue weighted by Gasteiger charge is -2.33. The van der Waals surface area contributed by atoms with Gasteiger partial charge in [-0.05, 0) is 31.7 Å². The molecule has 112 valence electrons. The molecule has 0 aromatic heterocycles. The van der Waals surface area contributed by atoms with Crippen molar-refractivity contribution in [3.05, 3.63) is 0 Å². The zero-order chi connectivity index (χ0) is 14.3. The van der Waals surface area contributed by atoms with Crippen molar-refractivity contribution < 1.29 is 4.79 Å². The lowest BCUT2D eigenvalue weighted by atomic mass is 10.1. The van der Waals surface area contributed by atoms with E-state index in [0.717, 1.165) is 39.0 Å². The zero-order valence-corrected chi connectivity index (χ0v) is 12.9. The van der Waals surface area contributed by atoms with Crippen LogP contribution < -0.4 is 5.73 Å². The van der Waals surface area contributed by atoms with E-state index in [1.54, 1.807) is 0 Å². The van der Waals surface area contributed by atoms with Crippen molar-refractivity contribution >= 4 is 5.91 Å². The number of likely N-dealkylation sites (tertiary alicyclic amines) is 1. The molecule has 19 heavy (non-hydrogen) atoms. The third kappa shape index (κ3) is 5.49. The maximum Gasteiger partial charge on any atom is 0.224 e. The van der Waals surface area contributed by atoms with Crippen LogP contribution in [0.25, 0.3) is 0 Å². The number of carbonyl (C=O) groups excluding carboxylic acids is 1. The van der Waals surface area contributed by atoms with Crippen molar-refractivity contribution in [1.29, 1.82) is 0 Å². The van der Waals surface area contributed by atoms with Crippen molar-refractivity contribution in [2.75, 3.05) is 32.7 Å². The molecule has 1 aliphatic heterocycles. The number of nitrogens with zero attached hydrogens (tertiary/aromatic N) is 2. The average Bonchev–Trinajstić information content (AvgIpc) is 2.43. The minimum Gasteiger partial charge on any atom is -0.343 e. The smallest absolute Gasteiger partial charge is 0.224 e. The first-order valence-electron chi connectivity index (χ1n) is 7.80. The van der Waals surface area contributed by atoms with Gasteiger partial charge < -0.3 is 10.6 Å². The number of amides is 1. The van der Waals surface area contributed by atoms with Gasteiger partial charge in [0.25, 0.3) is 0 Å². The van der Waals surface area contributed by atoms with Crippen LogP contribution in [0.4, 0.5) is 0 Å². The predicted octanol–water partition coefficient (Wildman–Crippen LogP) is 1.69. The molecule has 1 unspecified atom stereocenters. The summed E-state index contributed by atoms with van der Waals surface area (Å²) in [6, 6.07) is 0.196. The Morgan fingerprint density at radius 1 is 1.26 bits per heavy atom. The topological polar surface area (TPSA) is 49.6 Å². The highest BCUT2D eigenvalue weighted by atomic mass is 16.2. The fourth-order valence-corrected chi connectivity index (χ4v) is 2.84. The van der Waals surface area contributed by atoms with Crippen LogP contribution in [0.15, 0.2) is 0 Å². The van der Waals surface area contributed by atoms with E-state index in [0.29, 0.717) is 18.9 Å². The molecule has 1 amide bonds. The van der Waals surface area contributed by atoms with Crippen LogP contribution in [-0.2, 0) is 4.79 Å². The molecule has 0 radical (unpaired) electrons. The summed E-state index contributed by atoms with van der Waals surface area (Å²) in [5, 5.41) is 0. The molecule has 0 aromatic carbocycles. The molecule has 1 heterocycles. The Hall–Kier alpha value is -0.610. The summed E-state index contributed by atoms with van der Waals surface area (Å²) < 4.78 is 0. The van der Waals surface area contributed by atoms with Crippen LogP contribution in [0.3, 0.4) is 0 Å². The highest BCUT2D eigenvalue weighted by molar-refractivity contribution is 5.76. The first-order chi connectivity index (χ1) is 9.08. The number of hydrogen-bond acceptors (Lipinski definition) is 3. The monoisotopic (exact) mass is 269 g/mol. The Labute approximate surface area is 118 Å². The number of likely N-dealkylation sites (N-methyl/N-ethyl adjacent to an activating group) is 1. The molecular formula is C15H31N3O. The van der Waals surface area contributed by atoms with E-state index < -0.39 is 0 Å². The molecule has 1 saturated heterocycles. The van der Waals surface area contributed by atoms with Crippen LogP contribution in [0.1, 0.15) is 46.5 Å². The molecule has 0 aliphatic carbocycles. The van der Waals surface area contributed by atoms with Gasteiger partial charge in [0.15, 0.2) is 0 Å². The first kappa shape index (κ1) is 16.4. The van der Waals surface area contributed by atoms with Crippen molar-refractivity contribution in [3.63, 3.8) is 0 Å². The summed E-state index contributed by atoms with van der Waals surface area (Å²) in [6.07, 6.45) is 4.15. The third-order valence-corrected chi connectivity index (χ3v) is 3.91. The van der Waals surface area contributed by atoms with E-state index in [-0.39, 0.29) is 11.9 Å². The predicted molar refractivity (Wildman–Crippen MR) is 80.0 cm³/mol. The van der Waals surface area contributed by atoms with Crippen molar-refractivity contribution in [2.24, 2.45) is 11.7 Å². The van der Waals surface area contributed by atoms with Gasteiger partial charge in [0.1, 0.15) is 0 Å². The van der Waals surface area contributed by atoms with E-state index in [9.17, 15) is 4.79 Å². The molecule has 0 aromatic rings. The van der Waals surface area contributed by atoms with Crippen LogP contribution in [-0.4, -0.2) is 54.5 Å². The van der Waals surface area contributed by atoms with Crippen LogP contribution in [0, 0.1) is 5.92 Å². The quantitative estimate of drug-likeness (QED) is 0.765. The van der Waals surface area contributed by atoms with Gasteiger partial charge in [0.2, 0.25) is 5.91 Å². The van der Waals surface area contributed by atoms with E-state index >= 15 is 0 Å². The fourth-order valence-electron chi connectivity index (χ4n) is 2.84. The maximum absolute atomic E-state index is 12.3. The SMILES string of the molecule is CCN(CC(C)C)C(CN)CC(=O)N1CCCCC1. The van der Waals surface area contributed by atoms with E-state index in [2.05, 4.69) is 25.7 Å². The standard InChI is InChI=1S/C15H31N3O/c1-4-17(12-13(2)3)14(11-16)10-15(19)18-8-6-5-7-9-18/h13-14H,4-12,16H2,1-3H3. The molecule has 0 bridgehead atoms. The Bertz CT molecular complexity index is 262. The molecule has 4 heteroatoms. The summed E-state index contributed by atoms with van der Waals surface area (Å²) in [6.45, 7) is 11.0. The van der Waals surface area contributed by atoms with Crippen molar-refractivity contribution in [3.8, 4) is 0 Å². The summed E-state index contributed by atoms with van der Waals surface area (Å²) in [7, 11) is 0. The molecular weight excluding hydrogens is 238 g/mol. The van der Waals surface area contributed by atoms with Gasteiger partial charge in [-0.25, -0.2) is 0 Å². The molecule has 1 rings (SSSR count). The van der Waals surface area contributed by atoms with Crippen LogP contribution >= 0.6 is 0 Å².